The van der Waals surface area contributed by atoms with Gasteiger partial charge in [0.1, 0.15) is 17.4 Å². The number of benzene rings is 2. The highest BCUT2D eigenvalue weighted by Crippen LogP contribution is 2.31. The second kappa shape index (κ2) is 5.24. The van der Waals surface area contributed by atoms with Gasteiger partial charge in [-0.1, -0.05) is 59.6 Å². The van der Waals surface area contributed by atoms with E-state index in [0.29, 0.717) is 22.4 Å². The second-order valence-corrected chi connectivity index (χ2v) is 4.11. The monoisotopic (exact) mass is 252 g/mol. The van der Waals surface area contributed by atoms with Gasteiger partial charge in [-0.15, -0.1) is 0 Å². The SMILES string of the molecule is Clc1cccc(OCc2ccccc2)c1Cl. The molecule has 0 aliphatic carbocycles. The van der Waals surface area contributed by atoms with Crippen LogP contribution in [0.25, 0.3) is 0 Å². The van der Waals surface area contributed by atoms with Crippen LogP contribution in [0.3, 0.4) is 0 Å². The Morgan fingerprint density at radius 2 is 1.62 bits per heavy atom. The maximum absolute atomic E-state index is 6.00. The number of rotatable bonds is 3. The van der Waals surface area contributed by atoms with E-state index in [1.54, 1.807) is 12.1 Å². The van der Waals surface area contributed by atoms with Gasteiger partial charge in [-0.05, 0) is 17.7 Å². The predicted molar refractivity (Wildman–Crippen MR) is 67.2 cm³/mol. The van der Waals surface area contributed by atoms with Gasteiger partial charge in [-0.25, -0.2) is 0 Å². The number of hydrogen-bond donors (Lipinski definition) is 0. The quantitative estimate of drug-likeness (QED) is 0.778. The van der Waals surface area contributed by atoms with Crippen LogP contribution >= 0.6 is 23.2 Å². The van der Waals surface area contributed by atoms with Crippen molar-refractivity contribution in [1.82, 2.24) is 0 Å². The standard InChI is InChI=1S/C13H10Cl2O/c14-11-7-4-8-12(13(11)15)16-9-10-5-2-1-3-6-10/h1-8H,9H2. The number of ether oxygens (including phenoxy) is 1. The first-order valence-electron chi connectivity index (χ1n) is 4.88. The Morgan fingerprint density at radius 1 is 0.875 bits per heavy atom. The molecule has 2 rings (SSSR count). The highest BCUT2D eigenvalue weighted by molar-refractivity contribution is 6.42. The molecule has 1 nitrogen and oxygen atoms in total. The molecule has 0 heterocycles. The van der Waals surface area contributed by atoms with Gasteiger partial charge < -0.3 is 4.74 Å². The van der Waals surface area contributed by atoms with E-state index in [-0.39, 0.29) is 0 Å². The van der Waals surface area contributed by atoms with E-state index in [0.717, 1.165) is 5.56 Å². The minimum atomic E-state index is 0.458. The molecule has 3 heteroatoms. The summed E-state index contributed by atoms with van der Waals surface area (Å²) in [5.74, 6) is 0.609. The molecule has 0 saturated heterocycles. The Labute approximate surface area is 105 Å². The maximum atomic E-state index is 6.00. The summed E-state index contributed by atoms with van der Waals surface area (Å²) in [4.78, 5) is 0. The summed E-state index contributed by atoms with van der Waals surface area (Å²) in [7, 11) is 0. The van der Waals surface area contributed by atoms with Crippen molar-refractivity contribution < 1.29 is 4.74 Å². The lowest BCUT2D eigenvalue weighted by Gasteiger charge is -2.08. The molecule has 0 bridgehead atoms. The van der Waals surface area contributed by atoms with E-state index in [2.05, 4.69) is 0 Å². The van der Waals surface area contributed by atoms with Crippen molar-refractivity contribution in [1.29, 1.82) is 0 Å². The molecule has 0 aromatic heterocycles. The average Bonchev–Trinajstić information content (AvgIpc) is 2.32. The fraction of sp³-hybridized carbons (Fsp3) is 0.0769. The molecular weight excluding hydrogens is 243 g/mol. The summed E-state index contributed by atoms with van der Waals surface area (Å²) in [5, 5.41) is 0.965. The smallest absolute Gasteiger partial charge is 0.139 e. The summed E-state index contributed by atoms with van der Waals surface area (Å²) in [6, 6.07) is 15.3. The van der Waals surface area contributed by atoms with E-state index >= 15 is 0 Å². The van der Waals surface area contributed by atoms with Crippen LogP contribution in [0.4, 0.5) is 0 Å². The molecule has 16 heavy (non-hydrogen) atoms. The molecule has 0 atom stereocenters. The molecule has 0 aliphatic rings. The van der Waals surface area contributed by atoms with Crippen LogP contribution in [0, 0.1) is 0 Å². The average molecular weight is 253 g/mol. The van der Waals surface area contributed by atoms with Crippen LogP contribution in [-0.2, 0) is 6.61 Å². The van der Waals surface area contributed by atoms with E-state index in [1.807, 2.05) is 36.4 Å². The predicted octanol–water partition coefficient (Wildman–Crippen LogP) is 4.57. The molecular formula is C13H10Cl2O. The molecule has 0 saturated carbocycles. The minimum absolute atomic E-state index is 0.458. The van der Waals surface area contributed by atoms with Crippen molar-refractivity contribution in [2.45, 2.75) is 6.61 Å². The van der Waals surface area contributed by atoms with Crippen LogP contribution in [0.5, 0.6) is 5.75 Å². The van der Waals surface area contributed by atoms with Gasteiger partial charge >= 0.3 is 0 Å². The third-order valence-electron chi connectivity index (χ3n) is 2.15. The maximum Gasteiger partial charge on any atom is 0.139 e. The van der Waals surface area contributed by atoms with Gasteiger partial charge in [0.25, 0.3) is 0 Å². The number of hydrogen-bond acceptors (Lipinski definition) is 1. The molecule has 0 amide bonds. The zero-order valence-electron chi connectivity index (χ0n) is 8.49. The molecule has 0 fully saturated rings. The molecule has 0 N–H and O–H groups in total. The lowest BCUT2D eigenvalue weighted by Crippen LogP contribution is -1.95. The summed E-state index contributed by atoms with van der Waals surface area (Å²) >= 11 is 11.9. The Balaban J connectivity index is 2.08. The van der Waals surface area contributed by atoms with Crippen molar-refractivity contribution in [3.8, 4) is 5.75 Å². The molecule has 0 aliphatic heterocycles. The lowest BCUT2D eigenvalue weighted by molar-refractivity contribution is 0.306. The van der Waals surface area contributed by atoms with Crippen LogP contribution in [0.2, 0.25) is 10.0 Å². The Bertz CT molecular complexity index is 469. The fourth-order valence-corrected chi connectivity index (χ4v) is 1.68. The zero-order chi connectivity index (χ0) is 11.4. The van der Waals surface area contributed by atoms with Crippen molar-refractivity contribution in [3.05, 3.63) is 64.1 Å². The Kier molecular flexibility index (Phi) is 3.70. The largest absolute Gasteiger partial charge is 0.487 e. The van der Waals surface area contributed by atoms with Gasteiger partial charge in [-0.3, -0.25) is 0 Å². The van der Waals surface area contributed by atoms with E-state index in [4.69, 9.17) is 27.9 Å². The summed E-state index contributed by atoms with van der Waals surface area (Å²) in [6.07, 6.45) is 0. The topological polar surface area (TPSA) is 9.23 Å². The van der Waals surface area contributed by atoms with Gasteiger partial charge in [0.15, 0.2) is 0 Å². The molecule has 0 spiro atoms. The van der Waals surface area contributed by atoms with Crippen molar-refractivity contribution in [2.75, 3.05) is 0 Å². The van der Waals surface area contributed by atoms with Crippen LogP contribution < -0.4 is 4.74 Å². The molecule has 0 radical (unpaired) electrons. The van der Waals surface area contributed by atoms with Crippen molar-refractivity contribution in [2.24, 2.45) is 0 Å². The van der Waals surface area contributed by atoms with Gasteiger partial charge in [0, 0.05) is 0 Å². The molecule has 0 unspecified atom stereocenters. The summed E-state index contributed by atoms with van der Waals surface area (Å²) in [6.45, 7) is 0.487. The lowest BCUT2D eigenvalue weighted by atomic mass is 10.2. The van der Waals surface area contributed by atoms with E-state index in [1.165, 1.54) is 0 Å². The van der Waals surface area contributed by atoms with Crippen LogP contribution in [0.1, 0.15) is 5.56 Å². The van der Waals surface area contributed by atoms with Gasteiger partial charge in [0.2, 0.25) is 0 Å². The van der Waals surface area contributed by atoms with E-state index in [9.17, 15) is 0 Å². The van der Waals surface area contributed by atoms with Gasteiger partial charge in [-0.2, -0.15) is 0 Å². The van der Waals surface area contributed by atoms with Crippen LogP contribution in [-0.4, -0.2) is 0 Å². The normalized spacial score (nSPS) is 10.1. The first kappa shape index (κ1) is 11.3. The third kappa shape index (κ3) is 2.69. The molecule has 82 valence electrons. The molecule has 2 aromatic rings. The fourth-order valence-electron chi connectivity index (χ4n) is 1.33. The molecule has 2 aromatic carbocycles. The first-order valence-corrected chi connectivity index (χ1v) is 5.63. The van der Waals surface area contributed by atoms with E-state index < -0.39 is 0 Å². The second-order valence-electron chi connectivity index (χ2n) is 3.33. The Hall–Kier alpha value is -1.18. The van der Waals surface area contributed by atoms with Crippen LogP contribution in [0.15, 0.2) is 48.5 Å². The first-order chi connectivity index (χ1) is 7.77. The highest BCUT2D eigenvalue weighted by Gasteiger charge is 2.04. The third-order valence-corrected chi connectivity index (χ3v) is 2.95. The van der Waals surface area contributed by atoms with Gasteiger partial charge in [0.05, 0.1) is 5.02 Å². The van der Waals surface area contributed by atoms with Crippen molar-refractivity contribution >= 4 is 23.2 Å². The zero-order valence-corrected chi connectivity index (χ0v) is 10.0. The number of halogens is 2. The Morgan fingerprint density at radius 3 is 2.38 bits per heavy atom. The minimum Gasteiger partial charge on any atom is -0.487 e. The summed E-state index contributed by atoms with van der Waals surface area (Å²) in [5.41, 5.74) is 1.10. The highest BCUT2D eigenvalue weighted by atomic mass is 35.5. The summed E-state index contributed by atoms with van der Waals surface area (Å²) < 4.78 is 5.59. The van der Waals surface area contributed by atoms with Crippen molar-refractivity contribution in [3.63, 3.8) is 0 Å².